The van der Waals surface area contributed by atoms with E-state index in [9.17, 15) is 18.0 Å². The average Bonchev–Trinajstić information content (AvgIpc) is 2.17. The van der Waals surface area contributed by atoms with Crippen LogP contribution in [0, 0.1) is 3.57 Å². The molecule has 0 atom stereocenters. The number of nitrogens with one attached hydrogen (secondary N) is 1. The fourth-order valence-corrected chi connectivity index (χ4v) is 1.69. The van der Waals surface area contributed by atoms with Crippen molar-refractivity contribution in [2.24, 2.45) is 0 Å². The van der Waals surface area contributed by atoms with Gasteiger partial charge in [0.15, 0.2) is 0 Å². The molecule has 100 valence electrons. The summed E-state index contributed by atoms with van der Waals surface area (Å²) in [6.45, 7) is 0. The molecule has 0 aromatic heterocycles. The Bertz CT molecular complexity index is 473. The molecular weight excluding hydrogens is 428 g/mol. The molecule has 0 saturated carbocycles. The molecule has 18 heavy (non-hydrogen) atoms. The Morgan fingerprint density at radius 3 is 2.22 bits per heavy atom. The lowest BCUT2D eigenvalue weighted by atomic mass is 10.1. The Morgan fingerprint density at radius 2 is 1.78 bits per heavy atom. The SMILES string of the molecule is O=C(Nc1ccc(I)cc1C(F)(F)F)C(Cl)(Cl)Cl. The molecule has 0 spiro atoms. The summed E-state index contributed by atoms with van der Waals surface area (Å²) in [5.41, 5.74) is -1.46. The van der Waals surface area contributed by atoms with Gasteiger partial charge in [-0.3, -0.25) is 4.79 Å². The number of rotatable bonds is 1. The number of hydrogen-bond donors (Lipinski definition) is 1. The van der Waals surface area contributed by atoms with E-state index >= 15 is 0 Å². The van der Waals surface area contributed by atoms with Crippen molar-refractivity contribution in [3.05, 3.63) is 27.3 Å². The molecule has 0 fully saturated rings. The van der Waals surface area contributed by atoms with Crippen LogP contribution in [0.15, 0.2) is 18.2 Å². The van der Waals surface area contributed by atoms with Gasteiger partial charge in [-0.15, -0.1) is 0 Å². The minimum absolute atomic E-state index is 0.367. The van der Waals surface area contributed by atoms with Gasteiger partial charge in [0.25, 0.3) is 9.70 Å². The summed E-state index contributed by atoms with van der Waals surface area (Å²) in [7, 11) is 0. The first-order chi connectivity index (χ1) is 8.01. The van der Waals surface area contributed by atoms with Crippen molar-refractivity contribution in [3.63, 3.8) is 0 Å². The fourth-order valence-electron chi connectivity index (χ4n) is 1.05. The smallest absolute Gasteiger partial charge is 0.322 e. The van der Waals surface area contributed by atoms with E-state index in [1.807, 2.05) is 5.32 Å². The van der Waals surface area contributed by atoms with E-state index in [1.54, 1.807) is 22.6 Å². The van der Waals surface area contributed by atoms with Crippen molar-refractivity contribution < 1.29 is 18.0 Å². The first-order valence-electron chi connectivity index (χ1n) is 4.27. The number of carbonyl (C=O) groups excluding carboxylic acids is 1. The number of halogens is 7. The molecule has 1 aromatic carbocycles. The Kier molecular flexibility index (Phi) is 5.02. The maximum atomic E-state index is 12.7. The molecule has 0 aliphatic carbocycles. The van der Waals surface area contributed by atoms with Gasteiger partial charge in [-0.2, -0.15) is 13.2 Å². The quantitative estimate of drug-likeness (QED) is 0.509. The molecule has 0 aliphatic rings. The minimum Gasteiger partial charge on any atom is -0.322 e. The lowest BCUT2D eigenvalue weighted by Crippen LogP contribution is -2.28. The average molecular weight is 432 g/mol. The highest BCUT2D eigenvalue weighted by Crippen LogP contribution is 2.37. The third-order valence-electron chi connectivity index (χ3n) is 1.79. The lowest BCUT2D eigenvalue weighted by Gasteiger charge is -2.16. The largest absolute Gasteiger partial charge is 0.418 e. The van der Waals surface area contributed by atoms with E-state index in [-0.39, 0.29) is 0 Å². The Hall–Kier alpha value is 0.0800. The molecule has 1 aromatic rings. The van der Waals surface area contributed by atoms with Crippen molar-refractivity contribution in [2.75, 3.05) is 5.32 Å². The number of alkyl halides is 6. The van der Waals surface area contributed by atoms with E-state index in [1.165, 1.54) is 6.07 Å². The zero-order chi connectivity index (χ0) is 14.1. The Balaban J connectivity index is 3.14. The van der Waals surface area contributed by atoms with Crippen LogP contribution in [0.4, 0.5) is 18.9 Å². The second kappa shape index (κ2) is 5.60. The minimum atomic E-state index is -4.61. The Labute approximate surface area is 129 Å². The predicted molar refractivity (Wildman–Crippen MR) is 73.1 cm³/mol. The second-order valence-electron chi connectivity index (χ2n) is 3.14. The van der Waals surface area contributed by atoms with Crippen LogP contribution in [0.5, 0.6) is 0 Å². The van der Waals surface area contributed by atoms with Crippen LogP contribution < -0.4 is 5.32 Å². The maximum absolute atomic E-state index is 12.7. The van der Waals surface area contributed by atoms with Gasteiger partial charge in [0.1, 0.15) is 0 Å². The molecule has 1 N–H and O–H groups in total. The van der Waals surface area contributed by atoms with Crippen LogP contribution in [0.2, 0.25) is 0 Å². The fraction of sp³-hybridized carbons (Fsp3) is 0.222. The van der Waals surface area contributed by atoms with Crippen LogP contribution in [0.3, 0.4) is 0 Å². The molecular formula is C9H4Cl3F3INO. The van der Waals surface area contributed by atoms with Gasteiger partial charge in [-0.25, -0.2) is 0 Å². The van der Waals surface area contributed by atoms with Crippen molar-refractivity contribution in [1.29, 1.82) is 0 Å². The molecule has 0 saturated heterocycles. The van der Waals surface area contributed by atoms with E-state index < -0.39 is 27.1 Å². The van der Waals surface area contributed by atoms with Crippen LogP contribution in [0.1, 0.15) is 5.56 Å². The lowest BCUT2D eigenvalue weighted by molar-refractivity contribution is -0.137. The van der Waals surface area contributed by atoms with Gasteiger partial charge < -0.3 is 5.32 Å². The van der Waals surface area contributed by atoms with Crippen molar-refractivity contribution in [2.45, 2.75) is 9.97 Å². The van der Waals surface area contributed by atoms with Crippen LogP contribution in [0.25, 0.3) is 0 Å². The van der Waals surface area contributed by atoms with Crippen molar-refractivity contribution >= 4 is 69.0 Å². The van der Waals surface area contributed by atoms with Gasteiger partial charge in [0, 0.05) is 3.57 Å². The molecule has 0 bridgehead atoms. The van der Waals surface area contributed by atoms with Crippen LogP contribution in [-0.4, -0.2) is 9.70 Å². The third kappa shape index (κ3) is 4.32. The molecule has 1 rings (SSSR count). The third-order valence-corrected chi connectivity index (χ3v) is 2.98. The highest BCUT2D eigenvalue weighted by atomic mass is 127. The van der Waals surface area contributed by atoms with E-state index in [0.29, 0.717) is 3.57 Å². The van der Waals surface area contributed by atoms with E-state index in [2.05, 4.69) is 0 Å². The van der Waals surface area contributed by atoms with Crippen molar-refractivity contribution in [3.8, 4) is 0 Å². The molecule has 0 aliphatic heterocycles. The number of amides is 1. The summed E-state index contributed by atoms with van der Waals surface area (Å²) < 4.78 is 36.2. The van der Waals surface area contributed by atoms with Crippen LogP contribution >= 0.6 is 57.4 Å². The zero-order valence-corrected chi connectivity index (χ0v) is 12.7. The summed E-state index contributed by atoms with van der Waals surface area (Å²) in [6.07, 6.45) is -4.61. The summed E-state index contributed by atoms with van der Waals surface area (Å²) >= 11 is 17.5. The predicted octanol–water partition coefficient (Wildman–Crippen LogP) is 4.62. The number of carbonyl (C=O) groups is 1. The van der Waals surface area contributed by atoms with Crippen LogP contribution in [-0.2, 0) is 11.0 Å². The molecule has 0 unspecified atom stereocenters. The molecule has 9 heteroatoms. The molecule has 2 nitrogen and oxygen atoms in total. The first kappa shape index (κ1) is 16.1. The number of anilines is 1. The highest BCUT2D eigenvalue weighted by Gasteiger charge is 2.36. The van der Waals surface area contributed by atoms with Gasteiger partial charge in [-0.05, 0) is 40.8 Å². The highest BCUT2D eigenvalue weighted by molar-refractivity contribution is 14.1. The normalized spacial score (nSPS) is 12.4. The summed E-state index contributed by atoms with van der Waals surface area (Å²) in [4.78, 5) is 11.3. The van der Waals surface area contributed by atoms with E-state index in [0.717, 1.165) is 12.1 Å². The topological polar surface area (TPSA) is 29.1 Å². The number of hydrogen-bond acceptors (Lipinski definition) is 1. The zero-order valence-electron chi connectivity index (χ0n) is 8.29. The standard InChI is InChI=1S/C9H4Cl3F3INO/c10-8(11,12)7(18)17-6-2-1-4(16)3-5(6)9(13,14)15/h1-3H,(H,17,18). The molecule has 0 radical (unpaired) electrons. The Morgan fingerprint density at radius 1 is 1.22 bits per heavy atom. The summed E-state index contributed by atoms with van der Waals surface area (Å²) in [5.74, 6) is -1.15. The van der Waals surface area contributed by atoms with Gasteiger partial charge in [0.2, 0.25) is 0 Å². The van der Waals surface area contributed by atoms with E-state index in [4.69, 9.17) is 34.8 Å². The first-order valence-corrected chi connectivity index (χ1v) is 6.48. The molecule has 0 heterocycles. The maximum Gasteiger partial charge on any atom is 0.418 e. The summed E-state index contributed by atoms with van der Waals surface area (Å²) in [5, 5.41) is 1.93. The summed E-state index contributed by atoms with van der Waals surface area (Å²) in [6, 6.07) is 3.37. The van der Waals surface area contributed by atoms with Gasteiger partial charge in [0.05, 0.1) is 11.3 Å². The second-order valence-corrected chi connectivity index (χ2v) is 6.67. The van der Waals surface area contributed by atoms with Gasteiger partial charge >= 0.3 is 6.18 Å². The van der Waals surface area contributed by atoms with Gasteiger partial charge in [-0.1, -0.05) is 34.8 Å². The number of benzene rings is 1. The molecule has 1 amide bonds. The van der Waals surface area contributed by atoms with Crippen molar-refractivity contribution in [1.82, 2.24) is 0 Å². The monoisotopic (exact) mass is 431 g/mol.